The van der Waals surface area contributed by atoms with E-state index in [-0.39, 0.29) is 12.6 Å². The second kappa shape index (κ2) is 5.71. The zero-order valence-electron chi connectivity index (χ0n) is 9.65. The number of fused-ring (bicyclic) bond motifs is 1. The summed E-state index contributed by atoms with van der Waals surface area (Å²) in [6.07, 6.45) is 1.16. The summed E-state index contributed by atoms with van der Waals surface area (Å²) < 4.78 is 0. The first kappa shape index (κ1) is 12.0. The molecule has 0 amide bonds. The molecule has 2 N–H and O–H groups in total. The van der Waals surface area contributed by atoms with Gasteiger partial charge in [-0.25, -0.2) is 0 Å². The molecule has 2 nitrogen and oxygen atoms in total. The van der Waals surface area contributed by atoms with E-state index in [0.717, 1.165) is 12.2 Å². The maximum absolute atomic E-state index is 9.11. The SMILES string of the molecule is C[C@H](CO)NC1CSCCc2ccccc21. The highest BCUT2D eigenvalue weighted by atomic mass is 32.2. The van der Waals surface area contributed by atoms with Gasteiger partial charge < -0.3 is 10.4 Å². The molecule has 0 aromatic heterocycles. The topological polar surface area (TPSA) is 32.3 Å². The standard InChI is InChI=1S/C13H19NOS/c1-10(8-15)14-13-9-16-7-6-11-4-2-3-5-12(11)13/h2-5,10,13-15H,6-9H2,1H3/t10-,13?/m1/s1. The zero-order valence-corrected chi connectivity index (χ0v) is 10.5. The summed E-state index contributed by atoms with van der Waals surface area (Å²) in [5, 5.41) is 12.6. The molecular formula is C13H19NOS. The summed E-state index contributed by atoms with van der Waals surface area (Å²) in [6.45, 7) is 2.22. The summed E-state index contributed by atoms with van der Waals surface area (Å²) in [4.78, 5) is 0. The van der Waals surface area contributed by atoms with Gasteiger partial charge in [0, 0.05) is 17.8 Å². The number of hydrogen-bond donors (Lipinski definition) is 2. The first-order chi connectivity index (χ1) is 7.81. The van der Waals surface area contributed by atoms with Crippen LogP contribution in [0.3, 0.4) is 0 Å². The van der Waals surface area contributed by atoms with Crippen LogP contribution in [0.15, 0.2) is 24.3 Å². The lowest BCUT2D eigenvalue weighted by Crippen LogP contribution is -2.34. The van der Waals surface area contributed by atoms with Crippen LogP contribution in [-0.2, 0) is 6.42 Å². The van der Waals surface area contributed by atoms with Crippen LogP contribution in [0, 0.1) is 0 Å². The molecule has 0 radical (unpaired) electrons. The highest BCUT2D eigenvalue weighted by Gasteiger charge is 2.19. The molecule has 1 aliphatic heterocycles. The van der Waals surface area contributed by atoms with Crippen LogP contribution < -0.4 is 5.32 Å². The Morgan fingerprint density at radius 2 is 2.31 bits per heavy atom. The van der Waals surface area contributed by atoms with Gasteiger partial charge in [-0.05, 0) is 30.2 Å². The van der Waals surface area contributed by atoms with Crippen molar-refractivity contribution in [2.24, 2.45) is 0 Å². The van der Waals surface area contributed by atoms with Crippen LogP contribution in [0.2, 0.25) is 0 Å². The van der Waals surface area contributed by atoms with E-state index in [0.29, 0.717) is 6.04 Å². The molecule has 0 fully saturated rings. The minimum absolute atomic E-state index is 0.164. The molecule has 0 aliphatic carbocycles. The Morgan fingerprint density at radius 1 is 1.50 bits per heavy atom. The highest BCUT2D eigenvalue weighted by Crippen LogP contribution is 2.27. The Bertz CT molecular complexity index is 342. The van der Waals surface area contributed by atoms with Crippen LogP contribution in [0.25, 0.3) is 0 Å². The molecule has 1 aliphatic rings. The predicted octanol–water partition coefficient (Wildman–Crippen LogP) is 1.99. The van der Waals surface area contributed by atoms with Crippen LogP contribution in [0.5, 0.6) is 0 Å². The molecule has 16 heavy (non-hydrogen) atoms. The van der Waals surface area contributed by atoms with E-state index in [1.165, 1.54) is 16.9 Å². The molecule has 0 saturated heterocycles. The molecule has 0 spiro atoms. The average molecular weight is 237 g/mol. The van der Waals surface area contributed by atoms with Crippen molar-refractivity contribution in [1.82, 2.24) is 5.32 Å². The molecule has 1 aromatic rings. The van der Waals surface area contributed by atoms with Crippen molar-refractivity contribution in [3.63, 3.8) is 0 Å². The summed E-state index contributed by atoms with van der Waals surface area (Å²) in [7, 11) is 0. The fourth-order valence-electron chi connectivity index (χ4n) is 2.11. The summed E-state index contributed by atoms with van der Waals surface area (Å²) in [6, 6.07) is 9.19. The van der Waals surface area contributed by atoms with Gasteiger partial charge in [0.1, 0.15) is 0 Å². The summed E-state index contributed by atoms with van der Waals surface area (Å²) in [5.41, 5.74) is 2.86. The second-order valence-corrected chi connectivity index (χ2v) is 5.48. The quantitative estimate of drug-likeness (QED) is 0.843. The molecule has 0 bridgehead atoms. The monoisotopic (exact) mass is 237 g/mol. The number of nitrogens with one attached hydrogen (secondary N) is 1. The largest absolute Gasteiger partial charge is 0.395 e. The van der Waals surface area contributed by atoms with Gasteiger partial charge >= 0.3 is 0 Å². The van der Waals surface area contributed by atoms with Crippen LogP contribution in [0.4, 0.5) is 0 Å². The molecular weight excluding hydrogens is 218 g/mol. The first-order valence-corrected chi connectivity index (χ1v) is 6.99. The van der Waals surface area contributed by atoms with Gasteiger partial charge in [0.25, 0.3) is 0 Å². The summed E-state index contributed by atoms with van der Waals surface area (Å²) >= 11 is 1.99. The van der Waals surface area contributed by atoms with Gasteiger partial charge in [-0.2, -0.15) is 11.8 Å². The normalized spacial score (nSPS) is 22.2. The lowest BCUT2D eigenvalue weighted by atomic mass is 9.99. The van der Waals surface area contributed by atoms with Crippen molar-refractivity contribution < 1.29 is 5.11 Å². The Hall–Kier alpha value is -0.510. The third-order valence-corrected chi connectivity index (χ3v) is 4.05. The number of benzene rings is 1. The van der Waals surface area contributed by atoms with Crippen LogP contribution in [0.1, 0.15) is 24.1 Å². The van der Waals surface area contributed by atoms with E-state index in [1.807, 2.05) is 18.7 Å². The number of thioether (sulfide) groups is 1. The first-order valence-electron chi connectivity index (χ1n) is 5.83. The number of aliphatic hydroxyl groups is 1. The van der Waals surface area contributed by atoms with Gasteiger partial charge in [0.15, 0.2) is 0 Å². The fraction of sp³-hybridized carbons (Fsp3) is 0.538. The van der Waals surface area contributed by atoms with Crippen LogP contribution >= 0.6 is 11.8 Å². The third kappa shape index (κ3) is 2.78. The third-order valence-electron chi connectivity index (χ3n) is 2.99. The molecule has 2 atom stereocenters. The van der Waals surface area contributed by atoms with Gasteiger partial charge in [0.2, 0.25) is 0 Å². The molecule has 1 aromatic carbocycles. The Balaban J connectivity index is 2.19. The van der Waals surface area contributed by atoms with Crippen molar-refractivity contribution in [1.29, 1.82) is 0 Å². The minimum Gasteiger partial charge on any atom is -0.395 e. The van der Waals surface area contributed by atoms with Gasteiger partial charge in [0.05, 0.1) is 6.61 Å². The second-order valence-electron chi connectivity index (χ2n) is 4.33. The Morgan fingerprint density at radius 3 is 3.12 bits per heavy atom. The van der Waals surface area contributed by atoms with E-state index >= 15 is 0 Å². The molecule has 88 valence electrons. The van der Waals surface area contributed by atoms with Crippen LogP contribution in [-0.4, -0.2) is 29.3 Å². The van der Waals surface area contributed by atoms with Crippen molar-refractivity contribution in [3.8, 4) is 0 Å². The van der Waals surface area contributed by atoms with E-state index in [1.54, 1.807) is 0 Å². The number of hydrogen-bond acceptors (Lipinski definition) is 3. The lowest BCUT2D eigenvalue weighted by Gasteiger charge is -2.22. The van der Waals surface area contributed by atoms with E-state index in [4.69, 9.17) is 5.11 Å². The van der Waals surface area contributed by atoms with Crippen molar-refractivity contribution in [3.05, 3.63) is 35.4 Å². The molecule has 0 saturated carbocycles. The maximum Gasteiger partial charge on any atom is 0.0582 e. The Kier molecular flexibility index (Phi) is 4.27. The van der Waals surface area contributed by atoms with Gasteiger partial charge in [-0.1, -0.05) is 24.3 Å². The molecule has 2 rings (SSSR count). The number of aryl methyl sites for hydroxylation is 1. The molecule has 1 heterocycles. The molecule has 1 unspecified atom stereocenters. The van der Waals surface area contributed by atoms with E-state index < -0.39 is 0 Å². The van der Waals surface area contributed by atoms with E-state index in [9.17, 15) is 0 Å². The minimum atomic E-state index is 0.164. The van der Waals surface area contributed by atoms with Crippen molar-refractivity contribution >= 4 is 11.8 Å². The maximum atomic E-state index is 9.11. The van der Waals surface area contributed by atoms with Gasteiger partial charge in [-0.3, -0.25) is 0 Å². The molecule has 3 heteroatoms. The zero-order chi connectivity index (χ0) is 11.4. The number of rotatable bonds is 3. The number of aliphatic hydroxyl groups excluding tert-OH is 1. The van der Waals surface area contributed by atoms with Crippen molar-refractivity contribution in [2.75, 3.05) is 18.1 Å². The van der Waals surface area contributed by atoms with Crippen molar-refractivity contribution in [2.45, 2.75) is 25.4 Å². The predicted molar refractivity (Wildman–Crippen MR) is 69.9 cm³/mol. The summed E-state index contributed by atoms with van der Waals surface area (Å²) in [5.74, 6) is 2.30. The smallest absolute Gasteiger partial charge is 0.0582 e. The fourth-order valence-corrected chi connectivity index (χ4v) is 3.15. The van der Waals surface area contributed by atoms with E-state index in [2.05, 4.69) is 29.6 Å². The average Bonchev–Trinajstić information content (AvgIpc) is 2.52. The highest BCUT2D eigenvalue weighted by molar-refractivity contribution is 7.99. The van der Waals surface area contributed by atoms with Gasteiger partial charge in [-0.15, -0.1) is 0 Å². The lowest BCUT2D eigenvalue weighted by molar-refractivity contribution is 0.244. The Labute approximate surface area is 101 Å².